The number of carbonyl (C=O) groups is 2. The van der Waals surface area contributed by atoms with Gasteiger partial charge in [-0.1, -0.05) is 60.7 Å². The Kier molecular flexibility index (Phi) is 7.45. The summed E-state index contributed by atoms with van der Waals surface area (Å²) in [5.74, 6) is 0. The Morgan fingerprint density at radius 1 is 0.962 bits per heavy atom. The summed E-state index contributed by atoms with van der Waals surface area (Å²) in [6.07, 6.45) is -1.60. The van der Waals surface area contributed by atoms with Crippen LogP contribution in [0.5, 0.6) is 0 Å². The lowest BCUT2D eigenvalue weighted by Crippen LogP contribution is -2.52. The van der Waals surface area contributed by atoms with Gasteiger partial charge < -0.3 is 14.6 Å². The molecule has 138 valence electrons. The third kappa shape index (κ3) is 6.10. The monoisotopic (exact) mass is 358 g/mol. The first kappa shape index (κ1) is 19.3. The second-order valence-corrected chi connectivity index (χ2v) is 5.62. The molecule has 0 spiro atoms. The van der Waals surface area contributed by atoms with Crippen molar-refractivity contribution in [3.63, 3.8) is 0 Å². The molecular formula is C19H22N2O5. The molecule has 0 saturated heterocycles. The van der Waals surface area contributed by atoms with Crippen LogP contribution < -0.4 is 5.43 Å². The Morgan fingerprint density at radius 3 is 1.96 bits per heavy atom. The maximum atomic E-state index is 12.2. The maximum absolute atomic E-state index is 12.2. The predicted molar refractivity (Wildman–Crippen MR) is 94.8 cm³/mol. The molecule has 2 amide bonds. The first-order chi connectivity index (χ1) is 12.6. The van der Waals surface area contributed by atoms with Gasteiger partial charge >= 0.3 is 12.2 Å². The number of aliphatic hydroxyl groups excluding tert-OH is 1. The number of hydrogen-bond donors (Lipinski definition) is 2. The zero-order valence-electron chi connectivity index (χ0n) is 14.5. The number of benzene rings is 2. The van der Waals surface area contributed by atoms with Gasteiger partial charge in [-0.25, -0.2) is 20.0 Å². The summed E-state index contributed by atoms with van der Waals surface area (Å²) in [7, 11) is 0. The van der Waals surface area contributed by atoms with Crippen molar-refractivity contribution in [1.29, 1.82) is 0 Å². The summed E-state index contributed by atoms with van der Waals surface area (Å²) < 4.78 is 10.3. The highest BCUT2D eigenvalue weighted by atomic mass is 16.6. The Labute approximate surface area is 152 Å². The van der Waals surface area contributed by atoms with Crippen LogP contribution in [0.3, 0.4) is 0 Å². The molecule has 1 unspecified atom stereocenters. The van der Waals surface area contributed by atoms with Gasteiger partial charge in [0.05, 0.1) is 12.6 Å². The van der Waals surface area contributed by atoms with Gasteiger partial charge in [0.2, 0.25) is 0 Å². The first-order valence-electron chi connectivity index (χ1n) is 8.18. The number of hydrazine groups is 1. The van der Waals surface area contributed by atoms with Gasteiger partial charge in [0, 0.05) is 0 Å². The minimum atomic E-state index is -0.814. The van der Waals surface area contributed by atoms with Gasteiger partial charge in [-0.2, -0.15) is 0 Å². The van der Waals surface area contributed by atoms with Crippen molar-refractivity contribution in [3.05, 3.63) is 71.8 Å². The van der Waals surface area contributed by atoms with Crippen molar-refractivity contribution in [2.45, 2.75) is 26.2 Å². The molecule has 0 aliphatic rings. The van der Waals surface area contributed by atoms with Gasteiger partial charge in [-0.3, -0.25) is 0 Å². The Balaban J connectivity index is 1.89. The van der Waals surface area contributed by atoms with Crippen molar-refractivity contribution in [1.82, 2.24) is 10.4 Å². The molecule has 26 heavy (non-hydrogen) atoms. The van der Waals surface area contributed by atoms with E-state index >= 15 is 0 Å². The molecule has 0 heterocycles. The van der Waals surface area contributed by atoms with E-state index in [-0.39, 0.29) is 19.8 Å². The predicted octanol–water partition coefficient (Wildman–Crippen LogP) is 2.85. The van der Waals surface area contributed by atoms with Crippen LogP contribution in [0.25, 0.3) is 0 Å². The Bertz CT molecular complexity index is 694. The zero-order chi connectivity index (χ0) is 18.8. The van der Waals surface area contributed by atoms with E-state index < -0.39 is 18.2 Å². The Hall–Kier alpha value is -3.06. The molecular weight excluding hydrogens is 336 g/mol. The second kappa shape index (κ2) is 10.0. The topological polar surface area (TPSA) is 88.1 Å². The highest BCUT2D eigenvalue weighted by molar-refractivity contribution is 5.74. The van der Waals surface area contributed by atoms with Crippen LogP contribution in [0.15, 0.2) is 60.7 Å². The van der Waals surface area contributed by atoms with Crippen LogP contribution in [0.2, 0.25) is 0 Å². The number of rotatable bonds is 6. The van der Waals surface area contributed by atoms with Crippen LogP contribution in [-0.2, 0) is 22.7 Å². The molecule has 0 bridgehead atoms. The van der Waals surface area contributed by atoms with Crippen molar-refractivity contribution in [3.8, 4) is 0 Å². The number of carbonyl (C=O) groups excluding carboxylic acids is 2. The van der Waals surface area contributed by atoms with E-state index in [0.717, 1.165) is 16.1 Å². The number of aliphatic hydroxyl groups is 1. The van der Waals surface area contributed by atoms with Gasteiger partial charge in [0.15, 0.2) is 0 Å². The van der Waals surface area contributed by atoms with E-state index in [1.807, 2.05) is 60.7 Å². The largest absolute Gasteiger partial charge is 0.443 e. The number of amides is 2. The normalized spacial score (nSPS) is 11.3. The van der Waals surface area contributed by atoms with Gasteiger partial charge in [-0.05, 0) is 18.1 Å². The molecule has 1 atom stereocenters. The van der Waals surface area contributed by atoms with Crippen LogP contribution in [-0.4, -0.2) is 35.0 Å². The summed E-state index contributed by atoms with van der Waals surface area (Å²) in [5, 5.41) is 10.2. The number of hydrogen-bond acceptors (Lipinski definition) is 5. The zero-order valence-corrected chi connectivity index (χ0v) is 14.5. The van der Waals surface area contributed by atoms with E-state index in [1.165, 1.54) is 0 Å². The smallest absolute Gasteiger partial charge is 0.429 e. The van der Waals surface area contributed by atoms with Crippen molar-refractivity contribution >= 4 is 12.2 Å². The lowest BCUT2D eigenvalue weighted by Gasteiger charge is -2.26. The van der Waals surface area contributed by atoms with Gasteiger partial charge in [0.1, 0.15) is 13.2 Å². The summed E-state index contributed by atoms with van der Waals surface area (Å²) in [4.78, 5) is 24.2. The fourth-order valence-electron chi connectivity index (χ4n) is 2.06. The molecule has 0 aromatic heterocycles. The SMILES string of the molecule is CC(CO)N(NC(=O)OCc1ccccc1)C(=O)OCc1ccccc1. The number of nitrogens with zero attached hydrogens (tertiary/aromatic N) is 1. The maximum Gasteiger partial charge on any atom is 0.429 e. The van der Waals surface area contributed by atoms with Crippen molar-refractivity contribution in [2.75, 3.05) is 6.61 Å². The highest BCUT2D eigenvalue weighted by Crippen LogP contribution is 2.06. The summed E-state index contributed by atoms with van der Waals surface area (Å²) in [6.45, 7) is 1.34. The van der Waals surface area contributed by atoms with Crippen molar-refractivity contribution in [2.24, 2.45) is 0 Å². The molecule has 7 heteroatoms. The minimum Gasteiger partial charge on any atom is -0.443 e. The Morgan fingerprint density at radius 2 is 1.46 bits per heavy atom. The molecule has 2 aromatic carbocycles. The lowest BCUT2D eigenvalue weighted by atomic mass is 10.2. The van der Waals surface area contributed by atoms with E-state index in [4.69, 9.17) is 9.47 Å². The number of nitrogens with one attached hydrogen (secondary N) is 1. The first-order valence-corrected chi connectivity index (χ1v) is 8.18. The molecule has 2 rings (SSSR count). The minimum absolute atomic E-state index is 0.0507. The van der Waals surface area contributed by atoms with E-state index in [2.05, 4.69) is 5.43 Å². The summed E-state index contributed by atoms with van der Waals surface area (Å²) >= 11 is 0. The quantitative estimate of drug-likeness (QED) is 0.775. The molecule has 0 aliphatic carbocycles. The fourth-order valence-corrected chi connectivity index (χ4v) is 2.06. The average molecular weight is 358 g/mol. The molecule has 0 fully saturated rings. The molecule has 0 saturated carbocycles. The summed E-state index contributed by atoms with van der Waals surface area (Å²) in [5.41, 5.74) is 3.94. The van der Waals surface area contributed by atoms with Gasteiger partial charge in [0.25, 0.3) is 0 Å². The van der Waals surface area contributed by atoms with Crippen LogP contribution in [0.4, 0.5) is 9.59 Å². The molecule has 2 aromatic rings. The van der Waals surface area contributed by atoms with E-state index in [9.17, 15) is 14.7 Å². The highest BCUT2D eigenvalue weighted by Gasteiger charge is 2.24. The van der Waals surface area contributed by atoms with Crippen LogP contribution in [0, 0.1) is 0 Å². The third-order valence-electron chi connectivity index (χ3n) is 3.53. The lowest BCUT2D eigenvalue weighted by molar-refractivity contribution is 0.0367. The molecule has 0 radical (unpaired) electrons. The fraction of sp³-hybridized carbons (Fsp3) is 0.263. The molecule has 7 nitrogen and oxygen atoms in total. The van der Waals surface area contributed by atoms with Gasteiger partial charge in [-0.15, -0.1) is 0 Å². The summed E-state index contributed by atoms with van der Waals surface area (Å²) in [6, 6.07) is 17.6. The number of ether oxygens (including phenoxy) is 2. The molecule has 2 N–H and O–H groups in total. The van der Waals surface area contributed by atoms with Crippen molar-refractivity contribution < 1.29 is 24.2 Å². The molecule has 0 aliphatic heterocycles. The second-order valence-electron chi connectivity index (χ2n) is 5.62. The van der Waals surface area contributed by atoms with E-state index in [0.29, 0.717) is 0 Å². The standard InChI is InChI=1S/C19H22N2O5/c1-15(12-22)21(19(24)26-14-17-10-6-3-7-11-17)20-18(23)25-13-16-8-4-2-5-9-16/h2-11,15,22H,12-14H2,1H3,(H,20,23). The third-order valence-corrected chi connectivity index (χ3v) is 3.53. The van der Waals surface area contributed by atoms with Crippen LogP contribution in [0.1, 0.15) is 18.1 Å². The van der Waals surface area contributed by atoms with E-state index in [1.54, 1.807) is 6.92 Å². The average Bonchev–Trinajstić information content (AvgIpc) is 2.69. The van der Waals surface area contributed by atoms with Crippen LogP contribution >= 0.6 is 0 Å².